The molecule has 0 spiro atoms. The summed E-state index contributed by atoms with van der Waals surface area (Å²) in [6, 6.07) is 20.9. The molecule has 0 aliphatic carbocycles. The standard InChI is InChI=1S/C27H32ClN3O3/c1-21(2)31(19-25-10-7-15-29(25)18-22-8-5-4-6-9-22)26(32)20-30(16-17-34-3)27(33)23-11-13-24(28)14-12-23/h4-15,21H,16-20H2,1-3H3. The van der Waals surface area contributed by atoms with Crippen molar-refractivity contribution in [3.05, 3.63) is 94.8 Å². The van der Waals surface area contributed by atoms with Gasteiger partial charge in [0.1, 0.15) is 6.54 Å². The number of benzene rings is 2. The van der Waals surface area contributed by atoms with E-state index in [-0.39, 0.29) is 24.4 Å². The molecule has 1 heterocycles. The fraction of sp³-hybridized carbons (Fsp3) is 0.333. The van der Waals surface area contributed by atoms with E-state index in [1.165, 1.54) is 10.5 Å². The molecule has 6 nitrogen and oxygen atoms in total. The van der Waals surface area contributed by atoms with Crippen LogP contribution in [0.25, 0.3) is 0 Å². The highest BCUT2D eigenvalue weighted by Gasteiger charge is 2.24. The second kappa shape index (κ2) is 12.4. The fourth-order valence-corrected chi connectivity index (χ4v) is 3.87. The molecule has 3 rings (SSSR count). The van der Waals surface area contributed by atoms with Gasteiger partial charge in [-0.15, -0.1) is 0 Å². The van der Waals surface area contributed by atoms with Crippen molar-refractivity contribution in [2.75, 3.05) is 26.8 Å². The van der Waals surface area contributed by atoms with Crippen LogP contribution in [0, 0.1) is 0 Å². The Hall–Kier alpha value is -3.09. The van der Waals surface area contributed by atoms with E-state index in [0.29, 0.717) is 30.3 Å². The van der Waals surface area contributed by atoms with Gasteiger partial charge in [0.25, 0.3) is 5.91 Å². The second-order valence-corrected chi connectivity index (χ2v) is 8.89. The monoisotopic (exact) mass is 481 g/mol. The van der Waals surface area contributed by atoms with E-state index in [0.717, 1.165) is 12.2 Å². The second-order valence-electron chi connectivity index (χ2n) is 8.45. The number of aromatic nitrogens is 1. The van der Waals surface area contributed by atoms with Crippen LogP contribution in [0.4, 0.5) is 0 Å². The van der Waals surface area contributed by atoms with Gasteiger partial charge in [0.2, 0.25) is 5.91 Å². The quantitative estimate of drug-likeness (QED) is 0.398. The van der Waals surface area contributed by atoms with Gasteiger partial charge < -0.3 is 19.1 Å². The summed E-state index contributed by atoms with van der Waals surface area (Å²) in [5.74, 6) is -0.334. The Kier molecular flexibility index (Phi) is 9.31. The summed E-state index contributed by atoms with van der Waals surface area (Å²) in [6.07, 6.45) is 2.03. The number of ether oxygens (including phenoxy) is 1. The minimum atomic E-state index is -0.224. The summed E-state index contributed by atoms with van der Waals surface area (Å²) < 4.78 is 7.33. The highest BCUT2D eigenvalue weighted by molar-refractivity contribution is 6.30. The number of methoxy groups -OCH3 is 1. The van der Waals surface area contributed by atoms with Gasteiger partial charge in [-0.25, -0.2) is 0 Å². The lowest BCUT2D eigenvalue weighted by molar-refractivity contribution is -0.134. The van der Waals surface area contributed by atoms with Crippen LogP contribution in [0.5, 0.6) is 0 Å². The Labute approximate surface area is 206 Å². The van der Waals surface area contributed by atoms with E-state index < -0.39 is 0 Å². The number of rotatable bonds is 11. The van der Waals surface area contributed by atoms with Crippen molar-refractivity contribution in [3.63, 3.8) is 0 Å². The predicted octanol–water partition coefficient (Wildman–Crippen LogP) is 4.72. The molecule has 0 saturated carbocycles. The minimum absolute atomic E-state index is 0.0254. The van der Waals surface area contributed by atoms with Gasteiger partial charge in [-0.05, 0) is 55.8 Å². The van der Waals surface area contributed by atoms with E-state index in [2.05, 4.69) is 16.7 Å². The summed E-state index contributed by atoms with van der Waals surface area (Å²) >= 11 is 5.96. The molecular weight excluding hydrogens is 450 g/mol. The summed E-state index contributed by atoms with van der Waals surface area (Å²) in [5, 5.41) is 0.556. The van der Waals surface area contributed by atoms with E-state index in [4.69, 9.17) is 16.3 Å². The van der Waals surface area contributed by atoms with Gasteiger partial charge in [-0.3, -0.25) is 9.59 Å². The van der Waals surface area contributed by atoms with Crippen molar-refractivity contribution in [2.45, 2.75) is 33.0 Å². The number of halogens is 1. The molecule has 0 saturated heterocycles. The zero-order valence-corrected chi connectivity index (χ0v) is 20.7. The van der Waals surface area contributed by atoms with Crippen molar-refractivity contribution in [1.82, 2.24) is 14.4 Å². The average molecular weight is 482 g/mol. The van der Waals surface area contributed by atoms with Gasteiger partial charge in [0.15, 0.2) is 0 Å². The SMILES string of the molecule is COCCN(CC(=O)N(Cc1cccn1Cc1ccccc1)C(C)C)C(=O)c1ccc(Cl)cc1. The first-order valence-corrected chi connectivity index (χ1v) is 11.8. The molecule has 3 aromatic rings. The van der Waals surface area contributed by atoms with Crippen LogP contribution in [0.1, 0.15) is 35.5 Å². The highest BCUT2D eigenvalue weighted by atomic mass is 35.5. The Morgan fingerprint density at radius 2 is 1.71 bits per heavy atom. The summed E-state index contributed by atoms with van der Waals surface area (Å²) in [6.45, 7) is 5.81. The van der Waals surface area contributed by atoms with Crippen LogP contribution < -0.4 is 0 Å². The Morgan fingerprint density at radius 3 is 2.35 bits per heavy atom. The van der Waals surface area contributed by atoms with Crippen LogP contribution >= 0.6 is 11.6 Å². The van der Waals surface area contributed by atoms with Crippen LogP contribution in [-0.2, 0) is 22.6 Å². The number of nitrogens with zero attached hydrogens (tertiary/aromatic N) is 3. The maximum absolute atomic E-state index is 13.4. The summed E-state index contributed by atoms with van der Waals surface area (Å²) in [5.41, 5.74) is 2.72. The van der Waals surface area contributed by atoms with Crippen LogP contribution in [0.15, 0.2) is 72.9 Å². The Balaban J connectivity index is 1.74. The smallest absolute Gasteiger partial charge is 0.254 e. The molecule has 180 valence electrons. The van der Waals surface area contributed by atoms with Crippen LogP contribution in [0.2, 0.25) is 5.02 Å². The molecule has 0 bridgehead atoms. The number of hydrogen-bond acceptors (Lipinski definition) is 3. The molecule has 0 N–H and O–H groups in total. The molecule has 2 aromatic carbocycles. The summed E-state index contributed by atoms with van der Waals surface area (Å²) in [4.78, 5) is 29.9. The van der Waals surface area contributed by atoms with E-state index in [9.17, 15) is 9.59 Å². The molecule has 0 unspecified atom stereocenters. The summed E-state index contributed by atoms with van der Waals surface area (Å²) in [7, 11) is 1.58. The van der Waals surface area contributed by atoms with Gasteiger partial charge in [0.05, 0.1) is 13.2 Å². The van der Waals surface area contributed by atoms with E-state index in [1.54, 1.807) is 31.4 Å². The first kappa shape index (κ1) is 25.5. The molecule has 1 aromatic heterocycles. The maximum atomic E-state index is 13.4. The zero-order chi connectivity index (χ0) is 24.5. The average Bonchev–Trinajstić information content (AvgIpc) is 3.27. The maximum Gasteiger partial charge on any atom is 0.254 e. The molecule has 34 heavy (non-hydrogen) atoms. The fourth-order valence-electron chi connectivity index (χ4n) is 3.74. The lowest BCUT2D eigenvalue weighted by atomic mass is 10.2. The van der Waals surface area contributed by atoms with Crippen molar-refractivity contribution in [3.8, 4) is 0 Å². The zero-order valence-electron chi connectivity index (χ0n) is 20.0. The molecule has 2 amide bonds. The molecule has 7 heteroatoms. The number of carbonyl (C=O) groups is 2. The van der Waals surface area contributed by atoms with Crippen LogP contribution in [0.3, 0.4) is 0 Å². The third-order valence-electron chi connectivity index (χ3n) is 5.67. The van der Waals surface area contributed by atoms with E-state index in [1.807, 2.05) is 55.3 Å². The third-order valence-corrected chi connectivity index (χ3v) is 5.92. The molecule has 0 aliphatic rings. The molecule has 0 fully saturated rings. The van der Waals surface area contributed by atoms with Gasteiger partial charge in [-0.1, -0.05) is 41.9 Å². The molecule has 0 radical (unpaired) electrons. The Bertz CT molecular complexity index is 1060. The number of hydrogen-bond donors (Lipinski definition) is 0. The number of carbonyl (C=O) groups excluding carboxylic acids is 2. The topological polar surface area (TPSA) is 54.8 Å². The molecule has 0 aliphatic heterocycles. The predicted molar refractivity (Wildman–Crippen MR) is 135 cm³/mol. The largest absolute Gasteiger partial charge is 0.383 e. The first-order valence-electron chi connectivity index (χ1n) is 11.4. The Morgan fingerprint density at radius 1 is 1.00 bits per heavy atom. The highest BCUT2D eigenvalue weighted by Crippen LogP contribution is 2.15. The van der Waals surface area contributed by atoms with E-state index >= 15 is 0 Å². The van der Waals surface area contributed by atoms with Gasteiger partial charge >= 0.3 is 0 Å². The normalized spacial score (nSPS) is 11.0. The lowest BCUT2D eigenvalue weighted by Gasteiger charge is -2.30. The first-order chi connectivity index (χ1) is 16.4. The molecular formula is C27H32ClN3O3. The van der Waals surface area contributed by atoms with Gasteiger partial charge in [-0.2, -0.15) is 0 Å². The minimum Gasteiger partial charge on any atom is -0.383 e. The van der Waals surface area contributed by atoms with Gasteiger partial charge in [0, 0.05) is 48.7 Å². The van der Waals surface area contributed by atoms with Crippen molar-refractivity contribution >= 4 is 23.4 Å². The third kappa shape index (κ3) is 6.95. The van der Waals surface area contributed by atoms with Crippen LogP contribution in [-0.4, -0.2) is 59.0 Å². The van der Waals surface area contributed by atoms with Crippen molar-refractivity contribution < 1.29 is 14.3 Å². The van der Waals surface area contributed by atoms with Crippen molar-refractivity contribution in [1.29, 1.82) is 0 Å². The molecule has 0 atom stereocenters. The number of amides is 2. The lowest BCUT2D eigenvalue weighted by Crippen LogP contribution is -2.46. The van der Waals surface area contributed by atoms with Crippen molar-refractivity contribution in [2.24, 2.45) is 0 Å².